The number of hydroxylamine groups is 1. The minimum atomic E-state index is 0.637. The highest BCUT2D eigenvalue weighted by molar-refractivity contribution is 7.96. The van der Waals surface area contributed by atoms with Gasteiger partial charge in [-0.25, -0.2) is 0 Å². The Hall–Kier alpha value is 0.230. The highest BCUT2D eigenvalue weighted by Crippen LogP contribution is 1.98. The third kappa shape index (κ3) is 4.39. The summed E-state index contributed by atoms with van der Waals surface area (Å²) in [4.78, 5) is 0. The van der Waals surface area contributed by atoms with Crippen molar-refractivity contribution in [3.63, 3.8) is 0 Å². The minimum Gasteiger partial charge on any atom is -0.330 e. The van der Waals surface area contributed by atoms with Crippen LogP contribution in [0.2, 0.25) is 0 Å². The molecule has 0 heterocycles. The van der Waals surface area contributed by atoms with E-state index in [1.54, 1.807) is 0 Å². The topological polar surface area (TPSA) is 49.5 Å². The van der Waals surface area contributed by atoms with E-state index in [-0.39, 0.29) is 0 Å². The molecule has 0 aliphatic rings. The molecule has 0 saturated carbocycles. The first-order valence-electron chi connectivity index (χ1n) is 2.52. The van der Waals surface area contributed by atoms with Crippen molar-refractivity contribution in [1.82, 2.24) is 4.47 Å². The molecule has 0 aromatic rings. The van der Waals surface area contributed by atoms with E-state index in [0.717, 1.165) is 6.42 Å². The summed E-state index contributed by atoms with van der Waals surface area (Å²) in [6.07, 6.45) is 2.66. The van der Waals surface area contributed by atoms with Crippen LogP contribution in [0.1, 0.15) is 6.42 Å². The molecule has 8 heavy (non-hydrogen) atoms. The summed E-state index contributed by atoms with van der Waals surface area (Å²) in [7, 11) is 0. The van der Waals surface area contributed by atoms with Crippen molar-refractivity contribution in [2.24, 2.45) is 5.73 Å². The van der Waals surface area contributed by atoms with E-state index in [1.165, 1.54) is 16.4 Å². The zero-order valence-electron chi connectivity index (χ0n) is 5.00. The van der Waals surface area contributed by atoms with Crippen molar-refractivity contribution in [1.29, 1.82) is 0 Å². The van der Waals surface area contributed by atoms with E-state index >= 15 is 0 Å². The first-order valence-corrected chi connectivity index (χ1v) is 3.70. The van der Waals surface area contributed by atoms with Gasteiger partial charge in [0.1, 0.15) is 0 Å². The van der Waals surface area contributed by atoms with Crippen molar-refractivity contribution < 1.29 is 5.21 Å². The van der Waals surface area contributed by atoms with Crippen molar-refractivity contribution in [2.75, 3.05) is 19.3 Å². The molecule has 0 radical (unpaired) electrons. The second-order valence-electron chi connectivity index (χ2n) is 1.40. The van der Waals surface area contributed by atoms with Crippen LogP contribution >= 0.6 is 11.9 Å². The zero-order valence-corrected chi connectivity index (χ0v) is 5.82. The normalized spacial score (nSPS) is 10.5. The second kappa shape index (κ2) is 5.37. The van der Waals surface area contributed by atoms with Crippen LogP contribution in [0.4, 0.5) is 0 Å². The molecule has 0 amide bonds. The molecule has 0 bridgehead atoms. The van der Waals surface area contributed by atoms with Gasteiger partial charge in [-0.3, -0.25) is 0 Å². The van der Waals surface area contributed by atoms with Gasteiger partial charge in [-0.05, 0) is 19.2 Å². The number of nitrogens with two attached hydrogens (primary N) is 1. The van der Waals surface area contributed by atoms with Crippen molar-refractivity contribution in [3.8, 4) is 0 Å². The van der Waals surface area contributed by atoms with Crippen LogP contribution in [0.25, 0.3) is 0 Å². The molecule has 0 spiro atoms. The lowest BCUT2D eigenvalue weighted by molar-refractivity contribution is 0.0172. The first kappa shape index (κ1) is 8.23. The van der Waals surface area contributed by atoms with Gasteiger partial charge in [-0.1, -0.05) is 11.9 Å². The van der Waals surface area contributed by atoms with Crippen LogP contribution in [0.15, 0.2) is 0 Å². The molecule has 4 heteroatoms. The lowest BCUT2D eigenvalue weighted by atomic mass is 10.4. The van der Waals surface area contributed by atoms with Crippen LogP contribution in [-0.2, 0) is 0 Å². The fourth-order valence-corrected chi connectivity index (χ4v) is 0.630. The number of nitrogens with zero attached hydrogens (tertiary/aromatic N) is 1. The van der Waals surface area contributed by atoms with Gasteiger partial charge in [0.2, 0.25) is 0 Å². The van der Waals surface area contributed by atoms with Crippen LogP contribution in [-0.4, -0.2) is 29.0 Å². The van der Waals surface area contributed by atoms with Gasteiger partial charge in [-0.15, -0.1) is 4.47 Å². The Morgan fingerprint density at radius 3 is 2.75 bits per heavy atom. The van der Waals surface area contributed by atoms with Crippen LogP contribution < -0.4 is 5.73 Å². The van der Waals surface area contributed by atoms with Gasteiger partial charge in [0.05, 0.1) is 0 Å². The largest absolute Gasteiger partial charge is 0.330 e. The predicted octanol–water partition coefficient (Wildman–Crippen LogP) is 0.304. The summed E-state index contributed by atoms with van der Waals surface area (Å²) in [6, 6.07) is 0. The number of rotatable bonds is 4. The highest BCUT2D eigenvalue weighted by Gasteiger charge is 1.92. The molecular formula is C4H12N2OS. The molecule has 0 aliphatic carbocycles. The zero-order chi connectivity index (χ0) is 6.41. The molecule has 0 fully saturated rings. The van der Waals surface area contributed by atoms with Gasteiger partial charge < -0.3 is 10.9 Å². The molecule has 0 saturated heterocycles. The van der Waals surface area contributed by atoms with E-state index in [1.807, 2.05) is 6.26 Å². The Labute approximate surface area is 53.9 Å². The summed E-state index contributed by atoms with van der Waals surface area (Å²) in [6.45, 7) is 1.29. The SMILES string of the molecule is CSN(O)CCCN. The Kier molecular flexibility index (Phi) is 5.52. The third-order valence-corrected chi connectivity index (χ3v) is 1.37. The van der Waals surface area contributed by atoms with E-state index in [9.17, 15) is 0 Å². The summed E-state index contributed by atoms with van der Waals surface area (Å²) < 4.78 is 1.17. The average Bonchev–Trinajstić information content (AvgIpc) is 1.83. The molecule has 3 N–H and O–H groups in total. The van der Waals surface area contributed by atoms with Crippen LogP contribution in [0.3, 0.4) is 0 Å². The summed E-state index contributed by atoms with van der Waals surface area (Å²) >= 11 is 1.30. The monoisotopic (exact) mass is 136 g/mol. The fourth-order valence-electron chi connectivity index (χ4n) is 0.318. The second-order valence-corrected chi connectivity index (χ2v) is 2.19. The van der Waals surface area contributed by atoms with Gasteiger partial charge in [-0.2, -0.15) is 0 Å². The third-order valence-electron chi connectivity index (χ3n) is 0.764. The lowest BCUT2D eigenvalue weighted by Crippen LogP contribution is -2.14. The maximum absolute atomic E-state index is 8.73. The van der Waals surface area contributed by atoms with Gasteiger partial charge in [0.15, 0.2) is 0 Å². The van der Waals surface area contributed by atoms with Gasteiger partial charge in [0.25, 0.3) is 0 Å². The summed E-state index contributed by atoms with van der Waals surface area (Å²) in [5.74, 6) is 0. The Balaban J connectivity index is 2.86. The molecule has 0 unspecified atom stereocenters. The summed E-state index contributed by atoms with van der Waals surface area (Å²) in [5, 5.41) is 8.73. The van der Waals surface area contributed by atoms with Gasteiger partial charge >= 0.3 is 0 Å². The molecular weight excluding hydrogens is 124 g/mol. The summed E-state index contributed by atoms with van der Waals surface area (Å²) in [5.41, 5.74) is 5.18. The van der Waals surface area contributed by atoms with Crippen molar-refractivity contribution in [3.05, 3.63) is 0 Å². The quantitative estimate of drug-likeness (QED) is 0.431. The Bertz CT molecular complexity index is 53.3. The molecule has 3 nitrogen and oxygen atoms in total. The van der Waals surface area contributed by atoms with E-state index in [0.29, 0.717) is 13.1 Å². The predicted molar refractivity (Wildman–Crippen MR) is 35.7 cm³/mol. The average molecular weight is 136 g/mol. The van der Waals surface area contributed by atoms with E-state index in [4.69, 9.17) is 10.9 Å². The maximum Gasteiger partial charge on any atom is 0.0366 e. The lowest BCUT2D eigenvalue weighted by Gasteiger charge is -2.07. The van der Waals surface area contributed by atoms with Crippen molar-refractivity contribution >= 4 is 11.9 Å². The molecule has 0 aromatic heterocycles. The standard InChI is InChI=1S/C4H12N2OS/c1-8-6(7)4-2-3-5/h7H,2-5H2,1H3. The molecule has 0 rings (SSSR count). The van der Waals surface area contributed by atoms with E-state index in [2.05, 4.69) is 0 Å². The Morgan fingerprint density at radius 1 is 1.75 bits per heavy atom. The molecule has 0 aliphatic heterocycles. The molecule has 0 atom stereocenters. The van der Waals surface area contributed by atoms with Crippen LogP contribution in [0.5, 0.6) is 0 Å². The Morgan fingerprint density at radius 2 is 2.38 bits per heavy atom. The number of hydrogen-bond donors (Lipinski definition) is 2. The van der Waals surface area contributed by atoms with Crippen LogP contribution in [0, 0.1) is 0 Å². The maximum atomic E-state index is 8.73. The number of hydrogen-bond acceptors (Lipinski definition) is 4. The van der Waals surface area contributed by atoms with Gasteiger partial charge in [0, 0.05) is 6.54 Å². The minimum absolute atomic E-state index is 0.637. The van der Waals surface area contributed by atoms with E-state index < -0.39 is 0 Å². The highest BCUT2D eigenvalue weighted by atomic mass is 32.2. The first-order chi connectivity index (χ1) is 3.81. The molecule has 50 valence electrons. The fraction of sp³-hybridized carbons (Fsp3) is 1.00. The van der Waals surface area contributed by atoms with Crippen molar-refractivity contribution in [2.45, 2.75) is 6.42 Å². The molecule has 0 aromatic carbocycles. The smallest absolute Gasteiger partial charge is 0.0366 e.